The molecule has 0 unspecified atom stereocenters. The Balaban J connectivity index is 2.23. The summed E-state index contributed by atoms with van der Waals surface area (Å²) in [5.41, 5.74) is 0.939. The van der Waals surface area contributed by atoms with Crippen LogP contribution in [0.2, 0.25) is 10.4 Å². The van der Waals surface area contributed by atoms with Crippen LogP contribution >= 0.6 is 23.2 Å². The molecule has 2 rings (SSSR count). The molecule has 0 saturated heterocycles. The molecule has 0 atom stereocenters. The summed E-state index contributed by atoms with van der Waals surface area (Å²) >= 11 is 11.5. The minimum absolute atomic E-state index is 0.0482. The van der Waals surface area contributed by atoms with Crippen LogP contribution in [0.15, 0.2) is 28.7 Å². The quantitative estimate of drug-likeness (QED) is 0.794. The van der Waals surface area contributed by atoms with Gasteiger partial charge in [-0.2, -0.15) is 0 Å². The van der Waals surface area contributed by atoms with Gasteiger partial charge >= 0.3 is 5.35 Å². The first-order valence-corrected chi connectivity index (χ1v) is 4.72. The first-order valence-electron chi connectivity index (χ1n) is 3.97. The van der Waals surface area contributed by atoms with Crippen molar-refractivity contribution in [2.45, 2.75) is 6.42 Å². The SMILES string of the molecule is Clc1nnc(Cc2ccccc2Cl)o1. The van der Waals surface area contributed by atoms with Crippen LogP contribution in [0.3, 0.4) is 0 Å². The lowest BCUT2D eigenvalue weighted by molar-refractivity contribution is 0.507. The molecule has 2 aromatic rings. The van der Waals surface area contributed by atoms with Gasteiger partial charge in [0.25, 0.3) is 0 Å². The fourth-order valence-corrected chi connectivity index (χ4v) is 1.44. The van der Waals surface area contributed by atoms with Crippen LogP contribution in [0.25, 0.3) is 0 Å². The third-order valence-electron chi connectivity index (χ3n) is 1.74. The largest absolute Gasteiger partial charge is 0.412 e. The zero-order valence-corrected chi connectivity index (χ0v) is 8.59. The fraction of sp³-hybridized carbons (Fsp3) is 0.111. The summed E-state index contributed by atoms with van der Waals surface area (Å²) < 4.78 is 5.03. The average molecular weight is 229 g/mol. The molecule has 0 bridgehead atoms. The Morgan fingerprint density at radius 2 is 1.93 bits per heavy atom. The highest BCUT2D eigenvalue weighted by atomic mass is 35.5. The predicted octanol–water partition coefficient (Wildman–Crippen LogP) is 2.97. The number of rotatable bonds is 2. The molecule has 1 aromatic carbocycles. The Bertz CT molecular complexity index is 442. The first kappa shape index (κ1) is 9.49. The Labute approximate surface area is 90.7 Å². The smallest absolute Gasteiger partial charge is 0.312 e. The predicted molar refractivity (Wildman–Crippen MR) is 53.6 cm³/mol. The number of hydrogen-bond donors (Lipinski definition) is 0. The molecule has 0 radical (unpaired) electrons. The second-order valence-electron chi connectivity index (χ2n) is 2.72. The summed E-state index contributed by atoms with van der Waals surface area (Å²) in [4.78, 5) is 0. The van der Waals surface area contributed by atoms with Crippen molar-refractivity contribution >= 4 is 23.2 Å². The van der Waals surface area contributed by atoms with E-state index in [0.29, 0.717) is 17.3 Å². The van der Waals surface area contributed by atoms with E-state index >= 15 is 0 Å². The maximum atomic E-state index is 5.96. The second kappa shape index (κ2) is 3.98. The second-order valence-corrected chi connectivity index (χ2v) is 3.45. The molecule has 5 heteroatoms. The van der Waals surface area contributed by atoms with Gasteiger partial charge in [-0.15, -0.1) is 5.10 Å². The molecular weight excluding hydrogens is 223 g/mol. The van der Waals surface area contributed by atoms with Crippen molar-refractivity contribution in [3.63, 3.8) is 0 Å². The van der Waals surface area contributed by atoms with Gasteiger partial charge in [-0.1, -0.05) is 34.9 Å². The van der Waals surface area contributed by atoms with E-state index in [1.807, 2.05) is 24.3 Å². The highest BCUT2D eigenvalue weighted by molar-refractivity contribution is 6.31. The van der Waals surface area contributed by atoms with Crippen LogP contribution in [0, 0.1) is 0 Å². The van der Waals surface area contributed by atoms with Gasteiger partial charge in [-0.3, -0.25) is 0 Å². The Hall–Kier alpha value is -1.06. The van der Waals surface area contributed by atoms with Gasteiger partial charge in [0.15, 0.2) is 0 Å². The Morgan fingerprint density at radius 1 is 1.14 bits per heavy atom. The maximum Gasteiger partial charge on any atom is 0.312 e. The van der Waals surface area contributed by atoms with E-state index < -0.39 is 0 Å². The molecule has 0 spiro atoms. The Morgan fingerprint density at radius 3 is 2.57 bits per heavy atom. The van der Waals surface area contributed by atoms with Crippen molar-refractivity contribution < 1.29 is 4.42 Å². The summed E-state index contributed by atoms with van der Waals surface area (Å²) in [5.74, 6) is 0.461. The summed E-state index contributed by atoms with van der Waals surface area (Å²) in [6.45, 7) is 0. The molecule has 0 N–H and O–H groups in total. The molecule has 0 amide bonds. The van der Waals surface area contributed by atoms with E-state index in [0.717, 1.165) is 5.56 Å². The molecule has 1 heterocycles. The molecule has 0 saturated carbocycles. The summed E-state index contributed by atoms with van der Waals surface area (Å²) in [7, 11) is 0. The van der Waals surface area contributed by atoms with Crippen molar-refractivity contribution in [3.05, 3.63) is 46.1 Å². The zero-order valence-electron chi connectivity index (χ0n) is 7.08. The van der Waals surface area contributed by atoms with Gasteiger partial charge in [0.05, 0.1) is 6.42 Å². The molecule has 14 heavy (non-hydrogen) atoms. The fourth-order valence-electron chi connectivity index (χ4n) is 1.11. The van der Waals surface area contributed by atoms with Crippen LogP contribution in [0.4, 0.5) is 0 Å². The van der Waals surface area contributed by atoms with Crippen molar-refractivity contribution in [2.75, 3.05) is 0 Å². The van der Waals surface area contributed by atoms with Crippen molar-refractivity contribution in [1.29, 1.82) is 0 Å². The van der Waals surface area contributed by atoms with Crippen molar-refractivity contribution in [2.24, 2.45) is 0 Å². The van der Waals surface area contributed by atoms with Crippen LogP contribution in [0.1, 0.15) is 11.5 Å². The molecule has 0 fully saturated rings. The summed E-state index contributed by atoms with van der Waals surface area (Å²) in [5, 5.41) is 8.02. The van der Waals surface area contributed by atoms with Gasteiger partial charge in [0.2, 0.25) is 5.89 Å². The van der Waals surface area contributed by atoms with Crippen LogP contribution in [-0.2, 0) is 6.42 Å². The van der Waals surface area contributed by atoms with E-state index in [9.17, 15) is 0 Å². The standard InChI is InChI=1S/C9H6Cl2N2O/c10-7-4-2-1-3-6(7)5-8-12-13-9(11)14-8/h1-4H,5H2. The third kappa shape index (κ3) is 2.05. The molecular formula is C9H6Cl2N2O. The minimum Gasteiger partial charge on any atom is -0.412 e. The highest BCUT2D eigenvalue weighted by Gasteiger charge is 2.06. The molecule has 0 aliphatic rings. The van der Waals surface area contributed by atoms with Crippen molar-refractivity contribution in [1.82, 2.24) is 10.2 Å². The zero-order chi connectivity index (χ0) is 9.97. The topological polar surface area (TPSA) is 38.9 Å². The van der Waals surface area contributed by atoms with Crippen molar-refractivity contribution in [3.8, 4) is 0 Å². The van der Waals surface area contributed by atoms with Gasteiger partial charge in [0.1, 0.15) is 0 Å². The van der Waals surface area contributed by atoms with Gasteiger partial charge in [-0.25, -0.2) is 0 Å². The van der Waals surface area contributed by atoms with Crippen LogP contribution in [-0.4, -0.2) is 10.2 Å². The molecule has 0 aliphatic carbocycles. The molecule has 1 aromatic heterocycles. The van der Waals surface area contributed by atoms with E-state index in [1.165, 1.54) is 0 Å². The van der Waals surface area contributed by atoms with Crippen LogP contribution < -0.4 is 0 Å². The van der Waals surface area contributed by atoms with E-state index in [4.69, 9.17) is 27.6 Å². The van der Waals surface area contributed by atoms with Gasteiger partial charge in [-0.05, 0) is 23.2 Å². The van der Waals surface area contributed by atoms with Gasteiger partial charge < -0.3 is 4.42 Å². The van der Waals surface area contributed by atoms with Gasteiger partial charge in [0, 0.05) is 5.02 Å². The number of aromatic nitrogens is 2. The average Bonchev–Trinajstić information content (AvgIpc) is 2.56. The number of halogens is 2. The maximum absolute atomic E-state index is 5.96. The third-order valence-corrected chi connectivity index (χ3v) is 2.26. The summed E-state index contributed by atoms with van der Waals surface area (Å²) in [6, 6.07) is 7.49. The Kier molecular flexibility index (Phi) is 2.70. The lowest BCUT2D eigenvalue weighted by Crippen LogP contribution is -1.89. The number of hydrogen-bond acceptors (Lipinski definition) is 3. The molecule has 3 nitrogen and oxygen atoms in total. The monoisotopic (exact) mass is 228 g/mol. The minimum atomic E-state index is 0.0482. The lowest BCUT2D eigenvalue weighted by atomic mass is 10.1. The first-order chi connectivity index (χ1) is 6.75. The van der Waals surface area contributed by atoms with E-state index in [1.54, 1.807) is 0 Å². The number of benzene rings is 1. The highest BCUT2D eigenvalue weighted by Crippen LogP contribution is 2.18. The lowest BCUT2D eigenvalue weighted by Gasteiger charge is -1.98. The molecule has 72 valence electrons. The number of nitrogens with zero attached hydrogens (tertiary/aromatic N) is 2. The normalized spacial score (nSPS) is 10.4. The molecule has 0 aliphatic heterocycles. The van der Waals surface area contributed by atoms with E-state index in [-0.39, 0.29) is 5.35 Å². The summed E-state index contributed by atoms with van der Waals surface area (Å²) in [6.07, 6.45) is 0.499. The van der Waals surface area contributed by atoms with E-state index in [2.05, 4.69) is 10.2 Å². The van der Waals surface area contributed by atoms with Crippen LogP contribution in [0.5, 0.6) is 0 Å².